The highest BCUT2D eigenvalue weighted by molar-refractivity contribution is 6.31. The molecule has 1 unspecified atom stereocenters. The molecule has 1 N–H and O–H groups in total. The van der Waals surface area contributed by atoms with Gasteiger partial charge in [0.15, 0.2) is 5.69 Å². The minimum atomic E-state index is -1.24. The number of aromatic nitrogens is 2. The number of ether oxygens (including phenoxy) is 1. The predicted octanol–water partition coefficient (Wildman–Crippen LogP) is 3.11. The Morgan fingerprint density at radius 1 is 1.29 bits per heavy atom. The smallest absolute Gasteiger partial charge is 0.359 e. The van der Waals surface area contributed by atoms with E-state index in [1.165, 1.54) is 18.3 Å². The molecular formula is C22H25ClN4O4. The molecule has 1 aliphatic heterocycles. The Balaban J connectivity index is 1.82. The second kappa shape index (κ2) is 8.00. The van der Waals surface area contributed by atoms with Gasteiger partial charge in [0.2, 0.25) is 5.91 Å². The molecule has 9 heteroatoms. The van der Waals surface area contributed by atoms with Crippen molar-refractivity contribution in [3.05, 3.63) is 46.5 Å². The Kier molecular flexibility index (Phi) is 5.51. The lowest BCUT2D eigenvalue weighted by atomic mass is 9.92. The number of hydrogen-bond donors (Lipinski definition) is 1. The SMILES string of the molecule is COC(=O)c1ncn2c1C(=O)N(c1ccc(C)c(Cl)c1)C(C)(C(=O)NC1CCCC1)C2. The van der Waals surface area contributed by atoms with E-state index in [2.05, 4.69) is 10.3 Å². The van der Waals surface area contributed by atoms with Crippen LogP contribution in [-0.2, 0) is 16.1 Å². The summed E-state index contributed by atoms with van der Waals surface area (Å²) < 4.78 is 6.34. The Labute approximate surface area is 185 Å². The van der Waals surface area contributed by atoms with Crippen LogP contribution >= 0.6 is 11.6 Å². The molecule has 8 nitrogen and oxygen atoms in total. The third-order valence-electron chi connectivity index (χ3n) is 6.19. The van der Waals surface area contributed by atoms with E-state index < -0.39 is 17.4 Å². The lowest BCUT2D eigenvalue weighted by Gasteiger charge is -2.44. The van der Waals surface area contributed by atoms with Crippen molar-refractivity contribution in [1.82, 2.24) is 14.9 Å². The normalized spacial score (nSPS) is 21.2. The third-order valence-corrected chi connectivity index (χ3v) is 6.59. The van der Waals surface area contributed by atoms with E-state index >= 15 is 0 Å². The molecule has 1 fully saturated rings. The van der Waals surface area contributed by atoms with Crippen molar-refractivity contribution in [3.8, 4) is 0 Å². The number of rotatable bonds is 4. The van der Waals surface area contributed by atoms with Gasteiger partial charge in [0, 0.05) is 16.8 Å². The van der Waals surface area contributed by atoms with Gasteiger partial charge in [0.05, 0.1) is 20.0 Å². The monoisotopic (exact) mass is 444 g/mol. The Morgan fingerprint density at radius 2 is 2.00 bits per heavy atom. The van der Waals surface area contributed by atoms with Crippen LogP contribution in [0.5, 0.6) is 0 Å². The number of esters is 1. The zero-order valence-electron chi connectivity index (χ0n) is 17.8. The minimum Gasteiger partial charge on any atom is -0.464 e. The predicted molar refractivity (Wildman–Crippen MR) is 115 cm³/mol. The molecule has 2 aliphatic rings. The number of amides is 2. The highest BCUT2D eigenvalue weighted by Gasteiger charge is 2.50. The Hall–Kier alpha value is -2.87. The number of carbonyl (C=O) groups is 3. The van der Waals surface area contributed by atoms with Gasteiger partial charge in [-0.15, -0.1) is 0 Å². The molecule has 1 atom stereocenters. The number of anilines is 1. The van der Waals surface area contributed by atoms with Gasteiger partial charge in [0.25, 0.3) is 5.91 Å². The van der Waals surface area contributed by atoms with Gasteiger partial charge in [-0.2, -0.15) is 0 Å². The second-order valence-corrected chi connectivity index (χ2v) is 8.77. The number of imidazole rings is 1. The third kappa shape index (κ3) is 3.59. The fourth-order valence-corrected chi connectivity index (χ4v) is 4.59. The van der Waals surface area contributed by atoms with E-state index in [0.717, 1.165) is 31.2 Å². The fraction of sp³-hybridized carbons (Fsp3) is 0.455. The van der Waals surface area contributed by atoms with E-state index in [0.29, 0.717) is 10.7 Å². The number of benzene rings is 1. The molecule has 0 radical (unpaired) electrons. The lowest BCUT2D eigenvalue weighted by molar-refractivity contribution is -0.127. The van der Waals surface area contributed by atoms with Crippen molar-refractivity contribution >= 4 is 35.1 Å². The number of carbonyl (C=O) groups excluding carboxylic acids is 3. The van der Waals surface area contributed by atoms with Crippen LogP contribution in [0, 0.1) is 6.92 Å². The maximum atomic E-state index is 13.7. The molecule has 1 aromatic heterocycles. The van der Waals surface area contributed by atoms with Gasteiger partial charge in [-0.05, 0) is 44.4 Å². The highest BCUT2D eigenvalue weighted by atomic mass is 35.5. The fourth-order valence-electron chi connectivity index (χ4n) is 4.41. The van der Waals surface area contributed by atoms with Crippen LogP contribution in [0.4, 0.5) is 5.69 Å². The van der Waals surface area contributed by atoms with Crippen LogP contribution in [0.2, 0.25) is 5.02 Å². The molecule has 4 rings (SSSR count). The molecule has 2 amide bonds. The zero-order chi connectivity index (χ0) is 22.3. The van der Waals surface area contributed by atoms with Gasteiger partial charge < -0.3 is 14.6 Å². The molecule has 2 aromatic rings. The summed E-state index contributed by atoms with van der Waals surface area (Å²) in [6.07, 6.45) is 5.40. The number of nitrogens with one attached hydrogen (secondary N) is 1. The summed E-state index contributed by atoms with van der Waals surface area (Å²) >= 11 is 6.34. The number of hydrogen-bond acceptors (Lipinski definition) is 5. The van der Waals surface area contributed by atoms with Gasteiger partial charge in [-0.1, -0.05) is 30.5 Å². The first-order valence-electron chi connectivity index (χ1n) is 10.3. The molecule has 1 aromatic carbocycles. The number of methoxy groups -OCH3 is 1. The maximum absolute atomic E-state index is 13.7. The summed E-state index contributed by atoms with van der Waals surface area (Å²) in [7, 11) is 1.23. The average molecular weight is 445 g/mol. The van der Waals surface area contributed by atoms with Crippen LogP contribution in [0.1, 0.15) is 59.1 Å². The van der Waals surface area contributed by atoms with E-state index in [1.54, 1.807) is 29.7 Å². The van der Waals surface area contributed by atoms with Crippen LogP contribution in [-0.4, -0.2) is 46.0 Å². The summed E-state index contributed by atoms with van der Waals surface area (Å²) in [4.78, 5) is 44.9. The quantitative estimate of drug-likeness (QED) is 0.731. The second-order valence-electron chi connectivity index (χ2n) is 8.36. The van der Waals surface area contributed by atoms with Crippen LogP contribution < -0.4 is 10.2 Å². The number of aryl methyl sites for hydroxylation is 1. The molecule has 164 valence electrons. The molecule has 0 saturated heterocycles. The number of fused-ring (bicyclic) bond motifs is 1. The first-order valence-corrected chi connectivity index (χ1v) is 10.7. The highest BCUT2D eigenvalue weighted by Crippen LogP contribution is 2.36. The van der Waals surface area contributed by atoms with Crippen molar-refractivity contribution in [2.75, 3.05) is 12.0 Å². The van der Waals surface area contributed by atoms with E-state index in [4.69, 9.17) is 16.3 Å². The van der Waals surface area contributed by atoms with Crippen molar-refractivity contribution < 1.29 is 19.1 Å². The molecule has 0 bridgehead atoms. The van der Waals surface area contributed by atoms with Crippen molar-refractivity contribution in [2.45, 2.75) is 57.7 Å². The van der Waals surface area contributed by atoms with Crippen LogP contribution in [0.3, 0.4) is 0 Å². The first kappa shape index (κ1) is 21.4. The number of nitrogens with zero attached hydrogens (tertiary/aromatic N) is 3. The summed E-state index contributed by atoms with van der Waals surface area (Å²) in [5.41, 5.74) is 0.114. The Morgan fingerprint density at radius 3 is 2.65 bits per heavy atom. The minimum absolute atomic E-state index is 0.0750. The summed E-state index contributed by atoms with van der Waals surface area (Å²) in [6, 6.07) is 5.31. The van der Waals surface area contributed by atoms with Gasteiger partial charge >= 0.3 is 5.97 Å². The standard InChI is InChI=1S/C22H25ClN4O4/c1-13-8-9-15(10-16(13)23)27-19(28)18-17(20(29)31-3)24-12-26(18)11-22(27,2)21(30)25-14-6-4-5-7-14/h8-10,12,14H,4-7,11H2,1-3H3,(H,25,30). The molecule has 1 aliphatic carbocycles. The van der Waals surface area contributed by atoms with Crippen molar-refractivity contribution in [1.29, 1.82) is 0 Å². The molecule has 31 heavy (non-hydrogen) atoms. The number of halogens is 1. The Bertz CT molecular complexity index is 1060. The zero-order valence-corrected chi connectivity index (χ0v) is 18.5. The molecule has 0 spiro atoms. The van der Waals surface area contributed by atoms with E-state index in [-0.39, 0.29) is 29.9 Å². The lowest BCUT2D eigenvalue weighted by Crippen LogP contribution is -2.65. The van der Waals surface area contributed by atoms with Crippen LogP contribution in [0.25, 0.3) is 0 Å². The summed E-state index contributed by atoms with van der Waals surface area (Å²) in [6.45, 7) is 3.73. The van der Waals surface area contributed by atoms with Crippen molar-refractivity contribution in [3.63, 3.8) is 0 Å². The maximum Gasteiger partial charge on any atom is 0.359 e. The topological polar surface area (TPSA) is 93.5 Å². The molecule has 1 saturated carbocycles. The van der Waals surface area contributed by atoms with E-state index in [9.17, 15) is 14.4 Å². The van der Waals surface area contributed by atoms with Gasteiger partial charge in [-0.25, -0.2) is 9.78 Å². The van der Waals surface area contributed by atoms with E-state index in [1.807, 2.05) is 6.92 Å². The van der Waals surface area contributed by atoms with Gasteiger partial charge in [0.1, 0.15) is 11.2 Å². The largest absolute Gasteiger partial charge is 0.464 e. The molecule has 2 heterocycles. The van der Waals surface area contributed by atoms with Crippen molar-refractivity contribution in [2.24, 2.45) is 0 Å². The van der Waals surface area contributed by atoms with Gasteiger partial charge in [-0.3, -0.25) is 14.5 Å². The van der Waals surface area contributed by atoms with Crippen LogP contribution in [0.15, 0.2) is 24.5 Å². The average Bonchev–Trinajstić information content (AvgIpc) is 3.39. The summed E-state index contributed by atoms with van der Waals surface area (Å²) in [5.74, 6) is -1.46. The molecular weight excluding hydrogens is 420 g/mol. The first-order chi connectivity index (χ1) is 14.8. The summed E-state index contributed by atoms with van der Waals surface area (Å²) in [5, 5.41) is 3.60.